The molecule has 122 valence electrons. The van der Waals surface area contributed by atoms with Crippen LogP contribution in [0.1, 0.15) is 75.8 Å². The molecule has 1 amide bonds. The highest BCUT2D eigenvalue weighted by Gasteiger charge is 2.24. The van der Waals surface area contributed by atoms with E-state index in [9.17, 15) is 9.90 Å². The van der Waals surface area contributed by atoms with E-state index in [1.165, 1.54) is 11.1 Å². The Morgan fingerprint density at radius 1 is 1.32 bits per heavy atom. The first-order chi connectivity index (χ1) is 10.4. The Morgan fingerprint density at radius 2 is 2.05 bits per heavy atom. The van der Waals surface area contributed by atoms with Gasteiger partial charge in [0, 0.05) is 5.92 Å². The van der Waals surface area contributed by atoms with Crippen molar-refractivity contribution in [2.24, 2.45) is 11.8 Å². The van der Waals surface area contributed by atoms with Crippen LogP contribution in [0.25, 0.3) is 0 Å². The molecular formula is C19H29NO2. The van der Waals surface area contributed by atoms with Crippen molar-refractivity contribution in [2.75, 3.05) is 0 Å². The molecule has 0 radical (unpaired) electrons. The van der Waals surface area contributed by atoms with E-state index in [0.717, 1.165) is 31.2 Å². The van der Waals surface area contributed by atoms with Gasteiger partial charge in [0.25, 0.3) is 0 Å². The number of fused-ring (bicyclic) bond motifs is 1. The van der Waals surface area contributed by atoms with Crippen molar-refractivity contribution in [3.63, 3.8) is 0 Å². The summed E-state index contributed by atoms with van der Waals surface area (Å²) in [6, 6.07) is 6.36. The van der Waals surface area contributed by atoms with E-state index in [1.54, 1.807) is 0 Å². The molecule has 3 nitrogen and oxygen atoms in total. The SMILES string of the molecule is CC(C)CC(O)c1ccc2c(c1)C(NC(=O)C(C)C)CCC2. The van der Waals surface area contributed by atoms with Crippen molar-refractivity contribution < 1.29 is 9.90 Å². The smallest absolute Gasteiger partial charge is 0.223 e. The number of carbonyl (C=O) groups is 1. The quantitative estimate of drug-likeness (QED) is 0.866. The van der Waals surface area contributed by atoms with Gasteiger partial charge in [-0.15, -0.1) is 0 Å². The second-order valence-corrected chi connectivity index (χ2v) is 7.21. The highest BCUT2D eigenvalue weighted by molar-refractivity contribution is 5.78. The maximum Gasteiger partial charge on any atom is 0.223 e. The van der Waals surface area contributed by atoms with Crippen molar-refractivity contribution in [2.45, 2.75) is 65.5 Å². The first kappa shape index (κ1) is 17.0. The zero-order valence-electron chi connectivity index (χ0n) is 14.2. The summed E-state index contributed by atoms with van der Waals surface area (Å²) in [5.74, 6) is 0.563. The molecule has 0 saturated heterocycles. The van der Waals surface area contributed by atoms with Crippen molar-refractivity contribution in [1.29, 1.82) is 0 Å². The topological polar surface area (TPSA) is 49.3 Å². The van der Waals surface area contributed by atoms with Gasteiger partial charge in [-0.1, -0.05) is 45.9 Å². The number of carbonyl (C=O) groups excluding carboxylic acids is 1. The molecule has 22 heavy (non-hydrogen) atoms. The van der Waals surface area contributed by atoms with Gasteiger partial charge in [0.1, 0.15) is 0 Å². The Bertz CT molecular complexity index is 522. The molecule has 0 spiro atoms. The van der Waals surface area contributed by atoms with E-state index in [2.05, 4.69) is 31.3 Å². The van der Waals surface area contributed by atoms with Gasteiger partial charge in [-0.05, 0) is 48.3 Å². The molecule has 0 bridgehead atoms. The van der Waals surface area contributed by atoms with E-state index in [1.807, 2.05) is 19.9 Å². The van der Waals surface area contributed by atoms with Crippen molar-refractivity contribution in [3.8, 4) is 0 Å². The molecule has 2 unspecified atom stereocenters. The van der Waals surface area contributed by atoms with Gasteiger partial charge in [-0.2, -0.15) is 0 Å². The molecule has 1 aromatic carbocycles. The maximum atomic E-state index is 12.0. The van der Waals surface area contributed by atoms with Crippen LogP contribution in [0.15, 0.2) is 18.2 Å². The summed E-state index contributed by atoms with van der Waals surface area (Å²) in [6.45, 7) is 8.07. The average molecular weight is 303 g/mol. The van der Waals surface area contributed by atoms with Gasteiger partial charge in [0.15, 0.2) is 0 Å². The van der Waals surface area contributed by atoms with E-state index >= 15 is 0 Å². The summed E-state index contributed by atoms with van der Waals surface area (Å²) in [6.07, 6.45) is 3.49. The highest BCUT2D eigenvalue weighted by atomic mass is 16.3. The molecule has 0 aliphatic heterocycles. The normalized spacial score (nSPS) is 19.1. The molecule has 1 aliphatic carbocycles. The Kier molecular flexibility index (Phi) is 5.63. The minimum atomic E-state index is -0.423. The predicted molar refractivity (Wildman–Crippen MR) is 89.5 cm³/mol. The van der Waals surface area contributed by atoms with Crippen LogP contribution in [0, 0.1) is 11.8 Å². The fourth-order valence-electron chi connectivity index (χ4n) is 3.10. The fourth-order valence-corrected chi connectivity index (χ4v) is 3.10. The minimum absolute atomic E-state index is 0.0000837. The largest absolute Gasteiger partial charge is 0.388 e. The van der Waals surface area contributed by atoms with Crippen LogP contribution in [0.3, 0.4) is 0 Å². The number of aliphatic hydroxyl groups excluding tert-OH is 1. The van der Waals surface area contributed by atoms with E-state index in [4.69, 9.17) is 0 Å². The Morgan fingerprint density at radius 3 is 2.68 bits per heavy atom. The summed E-state index contributed by atoms with van der Waals surface area (Å²) in [5.41, 5.74) is 3.47. The van der Waals surface area contributed by atoms with Gasteiger partial charge in [0.2, 0.25) is 5.91 Å². The third kappa shape index (κ3) is 4.10. The molecule has 0 heterocycles. The van der Waals surface area contributed by atoms with Crippen LogP contribution >= 0.6 is 0 Å². The number of aliphatic hydroxyl groups is 1. The second kappa shape index (κ2) is 7.28. The van der Waals surface area contributed by atoms with E-state index in [-0.39, 0.29) is 17.9 Å². The third-order valence-corrected chi connectivity index (χ3v) is 4.40. The molecule has 2 N–H and O–H groups in total. The highest BCUT2D eigenvalue weighted by Crippen LogP contribution is 2.33. The molecule has 0 saturated carbocycles. The van der Waals surface area contributed by atoms with Gasteiger partial charge in [0.05, 0.1) is 12.1 Å². The van der Waals surface area contributed by atoms with Crippen molar-refractivity contribution >= 4 is 5.91 Å². The zero-order valence-corrected chi connectivity index (χ0v) is 14.2. The molecule has 1 aliphatic rings. The Hall–Kier alpha value is -1.35. The zero-order chi connectivity index (χ0) is 16.3. The number of nitrogens with one attached hydrogen (secondary N) is 1. The van der Waals surface area contributed by atoms with Crippen LogP contribution in [0.2, 0.25) is 0 Å². The molecule has 3 heteroatoms. The number of benzene rings is 1. The summed E-state index contributed by atoms with van der Waals surface area (Å²) in [5, 5.41) is 13.5. The Balaban J connectivity index is 2.22. The van der Waals surface area contributed by atoms with Crippen LogP contribution in [0.4, 0.5) is 0 Å². The second-order valence-electron chi connectivity index (χ2n) is 7.21. The average Bonchev–Trinajstić information content (AvgIpc) is 2.46. The molecule has 0 aromatic heterocycles. The number of amides is 1. The van der Waals surface area contributed by atoms with Crippen molar-refractivity contribution in [3.05, 3.63) is 34.9 Å². The first-order valence-electron chi connectivity index (χ1n) is 8.49. The number of hydrogen-bond donors (Lipinski definition) is 2. The molecule has 2 rings (SSSR count). The summed E-state index contributed by atoms with van der Waals surface area (Å²) < 4.78 is 0. The fraction of sp³-hybridized carbons (Fsp3) is 0.632. The first-order valence-corrected chi connectivity index (χ1v) is 8.49. The van der Waals surface area contributed by atoms with Gasteiger partial charge >= 0.3 is 0 Å². The third-order valence-electron chi connectivity index (χ3n) is 4.40. The predicted octanol–water partition coefficient (Wildman–Crippen LogP) is 3.92. The monoisotopic (exact) mass is 303 g/mol. The van der Waals surface area contributed by atoms with Crippen LogP contribution in [0.5, 0.6) is 0 Å². The lowest BCUT2D eigenvalue weighted by Crippen LogP contribution is -2.33. The Labute approximate surface area is 134 Å². The molecule has 0 fully saturated rings. The van der Waals surface area contributed by atoms with E-state index in [0.29, 0.717) is 5.92 Å². The number of aryl methyl sites for hydroxylation is 1. The molecule has 2 atom stereocenters. The minimum Gasteiger partial charge on any atom is -0.388 e. The lowest BCUT2D eigenvalue weighted by Gasteiger charge is -2.28. The lowest BCUT2D eigenvalue weighted by molar-refractivity contribution is -0.124. The van der Waals surface area contributed by atoms with Gasteiger partial charge < -0.3 is 10.4 Å². The van der Waals surface area contributed by atoms with E-state index < -0.39 is 6.10 Å². The molecular weight excluding hydrogens is 274 g/mol. The standard InChI is InChI=1S/C19H29NO2/c1-12(2)10-18(21)15-9-8-14-6-5-7-17(16(14)11-15)20-19(22)13(3)4/h8-9,11-13,17-18,21H,5-7,10H2,1-4H3,(H,20,22). The van der Waals surface area contributed by atoms with Crippen LogP contribution in [-0.4, -0.2) is 11.0 Å². The lowest BCUT2D eigenvalue weighted by atomic mass is 9.85. The number of hydrogen-bond acceptors (Lipinski definition) is 2. The van der Waals surface area contributed by atoms with Crippen LogP contribution in [-0.2, 0) is 11.2 Å². The number of rotatable bonds is 5. The maximum absolute atomic E-state index is 12.0. The summed E-state index contributed by atoms with van der Waals surface area (Å²) in [4.78, 5) is 12.0. The van der Waals surface area contributed by atoms with Crippen molar-refractivity contribution in [1.82, 2.24) is 5.32 Å². The van der Waals surface area contributed by atoms with Crippen LogP contribution < -0.4 is 5.32 Å². The summed E-state index contributed by atoms with van der Waals surface area (Å²) >= 11 is 0. The summed E-state index contributed by atoms with van der Waals surface area (Å²) in [7, 11) is 0. The van der Waals surface area contributed by atoms with Gasteiger partial charge in [-0.25, -0.2) is 0 Å². The molecule has 1 aromatic rings. The van der Waals surface area contributed by atoms with Gasteiger partial charge in [-0.3, -0.25) is 4.79 Å².